The van der Waals surface area contributed by atoms with Crippen molar-refractivity contribution in [2.45, 2.75) is 38.8 Å². The summed E-state index contributed by atoms with van der Waals surface area (Å²) in [5, 5.41) is 17.8. The van der Waals surface area contributed by atoms with Crippen LogP contribution in [0.4, 0.5) is 0 Å². The third-order valence-electron chi connectivity index (χ3n) is 4.70. The molecule has 0 aliphatic heterocycles. The summed E-state index contributed by atoms with van der Waals surface area (Å²) in [4.78, 5) is 51.2. The maximum Gasteiger partial charge on any atom is 0.326 e. The predicted molar refractivity (Wildman–Crippen MR) is 115 cm³/mol. The first-order valence-electron chi connectivity index (χ1n) is 10.1. The van der Waals surface area contributed by atoms with Gasteiger partial charge >= 0.3 is 5.97 Å². The molecule has 0 fully saturated rings. The third-order valence-corrected chi connectivity index (χ3v) is 4.70. The van der Waals surface area contributed by atoms with Crippen molar-refractivity contribution in [2.75, 3.05) is 13.1 Å². The lowest BCUT2D eigenvalue weighted by Gasteiger charge is -2.22. The number of benzene rings is 1. The van der Waals surface area contributed by atoms with Crippen molar-refractivity contribution >= 4 is 34.6 Å². The predicted octanol–water partition coefficient (Wildman–Crippen LogP) is -0.114. The van der Waals surface area contributed by atoms with Gasteiger partial charge in [-0.15, -0.1) is 0 Å². The molecule has 7 N–H and O–H groups in total. The van der Waals surface area contributed by atoms with E-state index in [-0.39, 0.29) is 31.8 Å². The zero-order valence-electron chi connectivity index (χ0n) is 17.6. The van der Waals surface area contributed by atoms with E-state index < -0.39 is 35.8 Å². The number of fused-ring (bicyclic) bond motifs is 1. The summed E-state index contributed by atoms with van der Waals surface area (Å²) in [6.45, 7) is 3.10. The first-order chi connectivity index (χ1) is 14.7. The highest BCUT2D eigenvalue weighted by molar-refractivity contribution is 5.93. The highest BCUT2D eigenvalue weighted by Gasteiger charge is 2.28. The maximum absolute atomic E-state index is 12.9. The number of rotatable bonds is 11. The number of aliphatic carboxylic acids is 1. The zero-order valence-corrected chi connectivity index (χ0v) is 17.6. The maximum atomic E-state index is 12.9. The molecule has 2 rings (SSSR count). The van der Waals surface area contributed by atoms with Crippen LogP contribution < -0.4 is 21.7 Å². The Kier molecular flexibility index (Phi) is 8.56. The Morgan fingerprint density at radius 1 is 1.06 bits per heavy atom. The Hall–Kier alpha value is -3.40. The van der Waals surface area contributed by atoms with E-state index in [4.69, 9.17) is 5.73 Å². The van der Waals surface area contributed by atoms with Gasteiger partial charge in [0.15, 0.2) is 0 Å². The average Bonchev–Trinajstić information content (AvgIpc) is 3.13. The number of amides is 3. The van der Waals surface area contributed by atoms with Gasteiger partial charge in [0.1, 0.15) is 12.1 Å². The number of H-pyrrole nitrogens is 1. The first kappa shape index (κ1) is 23.9. The molecule has 2 atom stereocenters. The number of carboxylic acid groups (broad SMARTS) is 1. The van der Waals surface area contributed by atoms with Crippen LogP contribution in [0.2, 0.25) is 0 Å². The van der Waals surface area contributed by atoms with Crippen LogP contribution in [0.3, 0.4) is 0 Å². The molecule has 168 valence electrons. The fourth-order valence-corrected chi connectivity index (χ4v) is 3.19. The molecule has 0 radical (unpaired) electrons. The molecule has 1 aromatic carbocycles. The number of hydrogen-bond acceptors (Lipinski definition) is 5. The number of nitrogens with two attached hydrogens (primary N) is 1. The van der Waals surface area contributed by atoms with Crippen LogP contribution in [0, 0.1) is 5.92 Å². The van der Waals surface area contributed by atoms with E-state index in [1.54, 1.807) is 6.20 Å². The molecule has 2 aromatic rings. The summed E-state index contributed by atoms with van der Waals surface area (Å²) in [5.74, 6) is -2.80. The second-order valence-electron chi connectivity index (χ2n) is 7.69. The minimum atomic E-state index is -1.14. The van der Waals surface area contributed by atoms with Crippen LogP contribution in [0.25, 0.3) is 10.9 Å². The van der Waals surface area contributed by atoms with Gasteiger partial charge in [0.05, 0.1) is 13.1 Å². The number of aromatic nitrogens is 1. The highest BCUT2D eigenvalue weighted by Crippen LogP contribution is 2.19. The Morgan fingerprint density at radius 2 is 1.77 bits per heavy atom. The SMILES string of the molecule is CC(C)CC(NC(=O)C(Cc1c[nH]c2ccccc12)NC(=O)CNC(=O)CN)C(=O)O. The minimum absolute atomic E-state index is 0.0505. The zero-order chi connectivity index (χ0) is 23.0. The number of aromatic amines is 1. The van der Waals surface area contributed by atoms with E-state index in [1.807, 2.05) is 38.1 Å². The van der Waals surface area contributed by atoms with Gasteiger partial charge in [-0.05, 0) is 24.0 Å². The van der Waals surface area contributed by atoms with Crippen LogP contribution in [0.5, 0.6) is 0 Å². The van der Waals surface area contributed by atoms with Crippen molar-refractivity contribution in [1.29, 1.82) is 0 Å². The number of nitrogens with one attached hydrogen (secondary N) is 4. The van der Waals surface area contributed by atoms with E-state index >= 15 is 0 Å². The summed E-state index contributed by atoms with van der Waals surface area (Å²) in [5.41, 5.74) is 6.87. The van der Waals surface area contributed by atoms with Crippen molar-refractivity contribution in [3.8, 4) is 0 Å². The monoisotopic (exact) mass is 431 g/mol. The van der Waals surface area contributed by atoms with Gasteiger partial charge in [-0.25, -0.2) is 4.79 Å². The summed E-state index contributed by atoms with van der Waals surface area (Å²) < 4.78 is 0. The molecule has 0 bridgehead atoms. The molecule has 10 heteroatoms. The molecule has 0 spiro atoms. The van der Waals surface area contributed by atoms with Crippen LogP contribution in [0.15, 0.2) is 30.5 Å². The molecule has 10 nitrogen and oxygen atoms in total. The second kappa shape index (κ2) is 11.1. The number of hydrogen-bond donors (Lipinski definition) is 6. The van der Waals surface area contributed by atoms with Gasteiger partial charge in [-0.2, -0.15) is 0 Å². The third kappa shape index (κ3) is 7.10. The van der Waals surface area contributed by atoms with Crippen LogP contribution in [-0.2, 0) is 25.6 Å². The lowest BCUT2D eigenvalue weighted by Crippen LogP contribution is -2.54. The van der Waals surface area contributed by atoms with E-state index in [0.717, 1.165) is 16.5 Å². The van der Waals surface area contributed by atoms with E-state index in [2.05, 4.69) is 20.9 Å². The normalized spacial score (nSPS) is 12.9. The molecule has 0 saturated carbocycles. The first-order valence-corrected chi connectivity index (χ1v) is 10.1. The Morgan fingerprint density at radius 3 is 2.42 bits per heavy atom. The van der Waals surface area contributed by atoms with Crippen molar-refractivity contribution in [2.24, 2.45) is 11.7 Å². The number of carbonyl (C=O) groups is 4. The van der Waals surface area contributed by atoms with Crippen molar-refractivity contribution < 1.29 is 24.3 Å². The highest BCUT2D eigenvalue weighted by atomic mass is 16.4. The number of carboxylic acids is 1. The molecule has 1 aromatic heterocycles. The molecule has 2 unspecified atom stereocenters. The quantitative estimate of drug-likeness (QED) is 0.290. The van der Waals surface area contributed by atoms with Gasteiger partial charge in [-0.3, -0.25) is 14.4 Å². The molecule has 3 amide bonds. The van der Waals surface area contributed by atoms with Crippen LogP contribution >= 0.6 is 0 Å². The Balaban J connectivity index is 2.19. The summed E-state index contributed by atoms with van der Waals surface area (Å²) in [6, 6.07) is 5.40. The van der Waals surface area contributed by atoms with Crippen molar-refractivity contribution in [3.05, 3.63) is 36.0 Å². The Labute approximate surface area is 179 Å². The lowest BCUT2D eigenvalue weighted by atomic mass is 10.0. The average molecular weight is 431 g/mol. The molecule has 1 heterocycles. The fourth-order valence-electron chi connectivity index (χ4n) is 3.19. The molecular weight excluding hydrogens is 402 g/mol. The van der Waals surface area contributed by atoms with Gasteiger partial charge in [0.25, 0.3) is 0 Å². The molecule has 0 saturated heterocycles. The van der Waals surface area contributed by atoms with Gasteiger partial charge in [0, 0.05) is 23.5 Å². The standard InChI is InChI=1S/C21H29N5O5/c1-12(2)7-17(21(30)31)26-20(29)16(25-19(28)11-24-18(27)9-22)8-13-10-23-15-6-4-3-5-14(13)15/h3-6,10,12,16-17,23H,7-9,11,22H2,1-2H3,(H,24,27)(H,25,28)(H,26,29)(H,30,31). The fraction of sp³-hybridized carbons (Fsp3) is 0.429. The van der Waals surface area contributed by atoms with E-state index in [9.17, 15) is 24.3 Å². The molecular formula is C21H29N5O5. The van der Waals surface area contributed by atoms with Gasteiger partial charge < -0.3 is 31.8 Å². The van der Waals surface area contributed by atoms with Gasteiger partial charge in [-0.1, -0.05) is 32.0 Å². The Bertz CT molecular complexity index is 939. The van der Waals surface area contributed by atoms with Crippen molar-refractivity contribution in [1.82, 2.24) is 20.9 Å². The van der Waals surface area contributed by atoms with E-state index in [0.29, 0.717) is 0 Å². The minimum Gasteiger partial charge on any atom is -0.480 e. The molecule has 31 heavy (non-hydrogen) atoms. The van der Waals surface area contributed by atoms with Crippen molar-refractivity contribution in [3.63, 3.8) is 0 Å². The topological polar surface area (TPSA) is 166 Å². The van der Waals surface area contributed by atoms with Crippen LogP contribution in [0.1, 0.15) is 25.8 Å². The van der Waals surface area contributed by atoms with Gasteiger partial charge in [0.2, 0.25) is 17.7 Å². The smallest absolute Gasteiger partial charge is 0.326 e. The summed E-state index contributed by atoms with van der Waals surface area (Å²) in [7, 11) is 0. The van der Waals surface area contributed by atoms with Crippen LogP contribution in [-0.4, -0.2) is 59.0 Å². The molecule has 0 aliphatic carbocycles. The second-order valence-corrected chi connectivity index (χ2v) is 7.69. The number of para-hydroxylation sites is 1. The largest absolute Gasteiger partial charge is 0.480 e. The summed E-state index contributed by atoms with van der Waals surface area (Å²) in [6.07, 6.45) is 2.14. The number of carbonyl (C=O) groups excluding carboxylic acids is 3. The summed E-state index contributed by atoms with van der Waals surface area (Å²) >= 11 is 0. The molecule has 0 aliphatic rings. The van der Waals surface area contributed by atoms with E-state index in [1.165, 1.54) is 0 Å². The lowest BCUT2D eigenvalue weighted by molar-refractivity contribution is -0.142.